The number of benzene rings is 2. The normalized spacial score (nSPS) is 19.8. The van der Waals surface area contributed by atoms with Gasteiger partial charge in [0.2, 0.25) is 5.60 Å². The van der Waals surface area contributed by atoms with Crippen LogP contribution in [0.5, 0.6) is 0 Å². The molecule has 2 aromatic rings. The molecule has 0 fully saturated rings. The van der Waals surface area contributed by atoms with E-state index in [-0.39, 0.29) is 5.91 Å². The predicted octanol–water partition coefficient (Wildman–Crippen LogP) is 3.54. The first-order valence-electron chi connectivity index (χ1n) is 7.40. The van der Waals surface area contributed by atoms with Crippen LogP contribution in [-0.2, 0) is 16.2 Å². The summed E-state index contributed by atoms with van der Waals surface area (Å²) in [6.07, 6.45) is 0.426. The number of rotatable bonds is 4. The van der Waals surface area contributed by atoms with Crippen molar-refractivity contribution in [3.05, 3.63) is 70.7 Å². The number of halogens is 1. The van der Waals surface area contributed by atoms with E-state index in [1.54, 1.807) is 19.1 Å². The van der Waals surface area contributed by atoms with Gasteiger partial charge in [-0.25, -0.2) is 0 Å². The highest BCUT2D eigenvalue weighted by Crippen LogP contribution is 2.27. The van der Waals surface area contributed by atoms with E-state index < -0.39 is 5.60 Å². The molecular weight excluding hydrogens is 312 g/mol. The van der Waals surface area contributed by atoms with Gasteiger partial charge in [0.15, 0.2) is 0 Å². The molecule has 4 nitrogen and oxygen atoms in total. The summed E-state index contributed by atoms with van der Waals surface area (Å²) >= 11 is 5.89. The molecule has 1 unspecified atom stereocenters. The summed E-state index contributed by atoms with van der Waals surface area (Å²) in [5, 5.41) is 7.65. The minimum absolute atomic E-state index is 0.172. The molecule has 1 heterocycles. The molecular formula is C18H17ClN2O2. The monoisotopic (exact) mass is 328 g/mol. The molecule has 1 amide bonds. The highest BCUT2D eigenvalue weighted by molar-refractivity contribution is 6.30. The Balaban J connectivity index is 1.62. The van der Waals surface area contributed by atoms with Crippen molar-refractivity contribution < 1.29 is 9.63 Å². The standard InChI is InChI=1S/C18H17ClN2O2/c1-18(17(22)20-12-13-5-3-2-4-6-13)11-16(21-23-18)14-7-9-15(19)10-8-14/h2-10H,11-12H2,1H3,(H,20,22). The molecule has 1 aliphatic rings. The molecule has 1 aliphatic heterocycles. The third kappa shape index (κ3) is 3.54. The molecule has 3 rings (SSSR count). The smallest absolute Gasteiger partial charge is 0.267 e. The van der Waals surface area contributed by atoms with E-state index in [9.17, 15) is 4.79 Å². The molecule has 0 spiro atoms. The SMILES string of the molecule is CC1(C(=O)NCc2ccccc2)CC(c2ccc(Cl)cc2)=NO1. The van der Waals surface area contributed by atoms with Crippen LogP contribution < -0.4 is 5.32 Å². The zero-order valence-electron chi connectivity index (χ0n) is 12.8. The second kappa shape index (κ2) is 6.42. The fourth-order valence-electron chi connectivity index (χ4n) is 2.42. The average Bonchev–Trinajstić information content (AvgIpc) is 2.98. The molecule has 1 atom stereocenters. The van der Waals surface area contributed by atoms with E-state index in [0.29, 0.717) is 18.0 Å². The van der Waals surface area contributed by atoms with Gasteiger partial charge >= 0.3 is 0 Å². The Morgan fingerprint density at radius 3 is 2.61 bits per heavy atom. The van der Waals surface area contributed by atoms with Gasteiger partial charge in [-0.15, -0.1) is 0 Å². The molecule has 0 radical (unpaired) electrons. The van der Waals surface area contributed by atoms with Gasteiger partial charge in [-0.2, -0.15) is 0 Å². The number of amides is 1. The van der Waals surface area contributed by atoms with Crippen LogP contribution >= 0.6 is 11.6 Å². The first-order chi connectivity index (χ1) is 11.1. The van der Waals surface area contributed by atoms with Gasteiger partial charge in [0.1, 0.15) is 0 Å². The second-order valence-electron chi connectivity index (χ2n) is 5.71. The van der Waals surface area contributed by atoms with Crippen molar-refractivity contribution in [1.29, 1.82) is 0 Å². The van der Waals surface area contributed by atoms with Gasteiger partial charge in [-0.3, -0.25) is 4.79 Å². The largest absolute Gasteiger partial charge is 0.379 e. The van der Waals surface area contributed by atoms with Crippen molar-refractivity contribution in [3.8, 4) is 0 Å². The van der Waals surface area contributed by atoms with E-state index in [1.165, 1.54) is 0 Å². The highest BCUT2D eigenvalue weighted by Gasteiger charge is 2.42. The molecule has 118 valence electrons. The average molecular weight is 329 g/mol. The van der Waals surface area contributed by atoms with Crippen molar-refractivity contribution >= 4 is 23.2 Å². The zero-order valence-corrected chi connectivity index (χ0v) is 13.5. The Hall–Kier alpha value is -2.33. The van der Waals surface area contributed by atoms with Crippen molar-refractivity contribution in [3.63, 3.8) is 0 Å². The van der Waals surface area contributed by atoms with E-state index in [0.717, 1.165) is 16.8 Å². The first-order valence-corrected chi connectivity index (χ1v) is 7.78. The summed E-state index contributed by atoms with van der Waals surface area (Å²) in [4.78, 5) is 17.9. The third-order valence-corrected chi connectivity index (χ3v) is 4.07. The number of carbonyl (C=O) groups is 1. The van der Waals surface area contributed by atoms with Crippen LogP contribution in [0.2, 0.25) is 5.02 Å². The van der Waals surface area contributed by atoms with Gasteiger partial charge in [0.05, 0.1) is 5.71 Å². The molecule has 0 saturated heterocycles. The Labute approximate surface area is 140 Å². The van der Waals surface area contributed by atoms with Crippen molar-refractivity contribution in [2.75, 3.05) is 0 Å². The fourth-order valence-corrected chi connectivity index (χ4v) is 2.55. The van der Waals surface area contributed by atoms with Gasteiger partial charge in [0.25, 0.3) is 5.91 Å². The van der Waals surface area contributed by atoms with Crippen LogP contribution in [0.25, 0.3) is 0 Å². The zero-order chi connectivity index (χ0) is 16.3. The molecule has 5 heteroatoms. The van der Waals surface area contributed by atoms with E-state index in [1.807, 2.05) is 42.5 Å². The first kappa shape index (κ1) is 15.6. The number of hydrogen-bond donors (Lipinski definition) is 1. The maximum atomic E-state index is 12.4. The molecule has 0 aromatic heterocycles. The summed E-state index contributed by atoms with van der Waals surface area (Å²) in [5.41, 5.74) is 1.72. The molecule has 2 aromatic carbocycles. The molecule has 23 heavy (non-hydrogen) atoms. The molecule has 0 aliphatic carbocycles. The molecule has 0 bridgehead atoms. The molecule has 0 saturated carbocycles. The Morgan fingerprint density at radius 1 is 1.22 bits per heavy atom. The van der Waals surface area contributed by atoms with Crippen LogP contribution in [0.3, 0.4) is 0 Å². The number of oxime groups is 1. The quantitative estimate of drug-likeness (QED) is 0.933. The maximum Gasteiger partial charge on any atom is 0.267 e. The third-order valence-electron chi connectivity index (χ3n) is 3.82. The van der Waals surface area contributed by atoms with Crippen molar-refractivity contribution in [2.45, 2.75) is 25.5 Å². The summed E-state index contributed by atoms with van der Waals surface area (Å²) in [5.74, 6) is -0.172. The van der Waals surface area contributed by atoms with Gasteiger partial charge in [-0.05, 0) is 30.2 Å². The number of nitrogens with one attached hydrogen (secondary N) is 1. The summed E-state index contributed by atoms with van der Waals surface area (Å²) in [7, 11) is 0. The highest BCUT2D eigenvalue weighted by atomic mass is 35.5. The van der Waals surface area contributed by atoms with Crippen LogP contribution in [-0.4, -0.2) is 17.2 Å². The number of nitrogens with zero attached hydrogens (tertiary/aromatic N) is 1. The van der Waals surface area contributed by atoms with E-state index in [4.69, 9.17) is 16.4 Å². The van der Waals surface area contributed by atoms with Gasteiger partial charge in [-0.1, -0.05) is 59.2 Å². The lowest BCUT2D eigenvalue weighted by molar-refractivity contribution is -0.141. The van der Waals surface area contributed by atoms with Crippen molar-refractivity contribution in [2.24, 2.45) is 5.16 Å². The van der Waals surface area contributed by atoms with Crippen LogP contribution in [0.15, 0.2) is 59.8 Å². The minimum atomic E-state index is -0.982. The van der Waals surface area contributed by atoms with Crippen LogP contribution in [0, 0.1) is 0 Å². The van der Waals surface area contributed by atoms with Crippen LogP contribution in [0.4, 0.5) is 0 Å². The van der Waals surface area contributed by atoms with Gasteiger partial charge in [0, 0.05) is 18.0 Å². The lowest BCUT2D eigenvalue weighted by Gasteiger charge is -2.20. The number of hydrogen-bond acceptors (Lipinski definition) is 3. The maximum absolute atomic E-state index is 12.4. The Morgan fingerprint density at radius 2 is 1.91 bits per heavy atom. The van der Waals surface area contributed by atoms with Gasteiger partial charge < -0.3 is 10.2 Å². The second-order valence-corrected chi connectivity index (χ2v) is 6.15. The topological polar surface area (TPSA) is 50.7 Å². The van der Waals surface area contributed by atoms with Crippen LogP contribution in [0.1, 0.15) is 24.5 Å². The minimum Gasteiger partial charge on any atom is -0.379 e. The summed E-state index contributed by atoms with van der Waals surface area (Å²) in [6.45, 7) is 2.22. The lowest BCUT2D eigenvalue weighted by Crippen LogP contribution is -2.44. The molecule has 1 N–H and O–H groups in total. The number of carbonyl (C=O) groups excluding carboxylic acids is 1. The predicted molar refractivity (Wildman–Crippen MR) is 90.4 cm³/mol. The lowest BCUT2D eigenvalue weighted by atomic mass is 9.95. The summed E-state index contributed by atoms with van der Waals surface area (Å²) in [6, 6.07) is 17.1. The van der Waals surface area contributed by atoms with E-state index >= 15 is 0 Å². The fraction of sp³-hybridized carbons (Fsp3) is 0.222. The Bertz CT molecular complexity index is 728. The summed E-state index contributed by atoms with van der Waals surface area (Å²) < 4.78 is 0. The Kier molecular flexibility index (Phi) is 4.35. The van der Waals surface area contributed by atoms with Crippen molar-refractivity contribution in [1.82, 2.24) is 5.32 Å². The van der Waals surface area contributed by atoms with E-state index in [2.05, 4.69) is 10.5 Å².